The molecule has 0 unspecified atom stereocenters. The molecule has 0 aromatic heterocycles. The normalized spacial score (nSPS) is 12.9. The smallest absolute Gasteiger partial charge is 0.0620 e. The molecule has 0 bridgehead atoms. The minimum atomic E-state index is 0.192. The van der Waals surface area contributed by atoms with E-state index in [1.54, 1.807) is 0 Å². The molecule has 0 aliphatic heterocycles. The predicted molar refractivity (Wildman–Crippen MR) is 49.9 cm³/mol. The van der Waals surface area contributed by atoms with Gasteiger partial charge in [-0.15, -0.1) is 0 Å². The van der Waals surface area contributed by atoms with Gasteiger partial charge in [-0.2, -0.15) is 0 Å². The number of hydrogen-bond acceptors (Lipinski definition) is 0. The lowest BCUT2D eigenvalue weighted by molar-refractivity contribution is 0.586. The second kappa shape index (κ2) is 2.69. The lowest BCUT2D eigenvalue weighted by atomic mass is 9.84. The molecule has 0 spiro atoms. The summed E-state index contributed by atoms with van der Waals surface area (Å²) in [6, 6.07) is 6.42. The summed E-state index contributed by atoms with van der Waals surface area (Å²) in [7, 11) is 0. The van der Waals surface area contributed by atoms with Crippen LogP contribution in [0.2, 0.25) is 0 Å². The molecule has 1 rings (SSSR count). The van der Waals surface area contributed by atoms with Crippen LogP contribution in [0.1, 0.15) is 33.3 Å². The minimum Gasteiger partial charge on any atom is -0.0620 e. The molecular formula is C11H16. The second-order valence-electron chi connectivity index (χ2n) is 3.99. The van der Waals surface area contributed by atoms with Crippen molar-refractivity contribution in [2.45, 2.75) is 33.1 Å². The predicted octanol–water partition coefficient (Wildman–Crippen LogP) is 3.29. The first kappa shape index (κ1) is 6.90. The van der Waals surface area contributed by atoms with Gasteiger partial charge >= 0.3 is 0 Å². The fourth-order valence-corrected chi connectivity index (χ4v) is 1.36. The van der Waals surface area contributed by atoms with Gasteiger partial charge in [0.1, 0.15) is 0 Å². The summed E-state index contributed by atoms with van der Waals surface area (Å²) in [6.45, 7) is 8.65. The van der Waals surface area contributed by atoms with Gasteiger partial charge in [0.2, 0.25) is 0 Å². The quantitative estimate of drug-likeness (QED) is 0.531. The maximum Gasteiger partial charge on any atom is 0.0623 e. The lowest BCUT2D eigenvalue weighted by Crippen LogP contribution is -2.12. The highest BCUT2D eigenvalue weighted by molar-refractivity contribution is 5.31. The summed E-state index contributed by atoms with van der Waals surface area (Å²) in [5.41, 5.74) is 2.74. The Hall–Kier alpha value is -0.780. The maximum absolute atomic E-state index is 7.44. The second-order valence-corrected chi connectivity index (χ2v) is 3.99. The lowest BCUT2D eigenvalue weighted by Gasteiger charge is -2.21. The van der Waals surface area contributed by atoms with Crippen LogP contribution >= 0.6 is 0 Å². The third-order valence-corrected chi connectivity index (χ3v) is 1.88. The third kappa shape index (κ3) is 1.83. The summed E-state index contributed by atoms with van der Waals surface area (Å²) in [6.07, 6.45) is 0. The molecular weight excluding hydrogens is 132 g/mol. The van der Waals surface area contributed by atoms with E-state index in [2.05, 4.69) is 33.8 Å². The zero-order valence-corrected chi connectivity index (χ0v) is 7.73. The third-order valence-electron chi connectivity index (χ3n) is 1.88. The summed E-state index contributed by atoms with van der Waals surface area (Å²) in [4.78, 5) is 0. The van der Waals surface area contributed by atoms with Crippen LogP contribution in [-0.2, 0) is 5.41 Å². The Kier molecular flexibility index (Phi) is 1.69. The van der Waals surface area contributed by atoms with E-state index < -0.39 is 0 Å². The highest BCUT2D eigenvalue weighted by Crippen LogP contribution is 2.24. The molecule has 0 saturated carbocycles. The van der Waals surface area contributed by atoms with Crippen molar-refractivity contribution in [3.63, 3.8) is 0 Å². The van der Waals surface area contributed by atoms with Gasteiger partial charge in [0.15, 0.2) is 0 Å². The molecule has 0 N–H and O–H groups in total. The Bertz CT molecular complexity index is 282. The Labute approximate surface area is 70.7 Å². The molecule has 1 aromatic carbocycles. The van der Waals surface area contributed by atoms with Crippen molar-refractivity contribution in [3.8, 4) is 0 Å². The van der Waals surface area contributed by atoms with E-state index in [1.165, 1.54) is 11.1 Å². The zero-order valence-electron chi connectivity index (χ0n) is 8.73. The fourth-order valence-electron chi connectivity index (χ4n) is 1.36. The van der Waals surface area contributed by atoms with Gasteiger partial charge < -0.3 is 0 Å². The van der Waals surface area contributed by atoms with Crippen molar-refractivity contribution in [2.75, 3.05) is 0 Å². The van der Waals surface area contributed by atoms with E-state index in [1.807, 2.05) is 12.1 Å². The van der Waals surface area contributed by atoms with E-state index in [0.717, 1.165) is 0 Å². The topological polar surface area (TPSA) is 0 Å². The fraction of sp³-hybridized carbons (Fsp3) is 0.455. The van der Waals surface area contributed by atoms with E-state index in [4.69, 9.17) is 1.37 Å². The van der Waals surface area contributed by atoms with Crippen molar-refractivity contribution in [1.82, 2.24) is 0 Å². The molecule has 0 heterocycles. The van der Waals surface area contributed by atoms with Crippen LogP contribution in [-0.4, -0.2) is 0 Å². The van der Waals surface area contributed by atoms with Gasteiger partial charge in [0.25, 0.3) is 0 Å². The molecule has 60 valence electrons. The largest absolute Gasteiger partial charge is 0.0623 e. The molecule has 11 heavy (non-hydrogen) atoms. The monoisotopic (exact) mass is 149 g/mol. The van der Waals surface area contributed by atoms with Crippen LogP contribution in [0.4, 0.5) is 0 Å². The van der Waals surface area contributed by atoms with E-state index in [-0.39, 0.29) is 5.41 Å². The number of benzene rings is 1. The molecule has 0 saturated heterocycles. The van der Waals surface area contributed by atoms with Crippen LogP contribution in [0.5, 0.6) is 0 Å². The Morgan fingerprint density at radius 3 is 2.36 bits per heavy atom. The molecule has 0 radical (unpaired) electrons. The van der Waals surface area contributed by atoms with E-state index >= 15 is 0 Å². The Morgan fingerprint density at radius 1 is 1.27 bits per heavy atom. The van der Waals surface area contributed by atoms with Crippen molar-refractivity contribution in [2.24, 2.45) is 0 Å². The summed E-state index contributed by atoms with van der Waals surface area (Å²) in [5.74, 6) is 0. The van der Waals surface area contributed by atoms with Crippen LogP contribution in [0.3, 0.4) is 0 Å². The zero-order chi connectivity index (χ0) is 9.35. The van der Waals surface area contributed by atoms with E-state index in [9.17, 15) is 0 Å². The summed E-state index contributed by atoms with van der Waals surface area (Å²) in [5, 5.41) is 0. The molecule has 0 aliphatic rings. The molecule has 0 heteroatoms. The van der Waals surface area contributed by atoms with Crippen LogP contribution in [0.25, 0.3) is 0 Å². The van der Waals surface area contributed by atoms with Gasteiger partial charge in [0, 0.05) is 0 Å². The Morgan fingerprint density at radius 2 is 1.91 bits per heavy atom. The highest BCUT2D eigenvalue weighted by Gasteiger charge is 2.14. The van der Waals surface area contributed by atoms with Crippen molar-refractivity contribution >= 4 is 0 Å². The first-order chi connectivity index (χ1) is 5.41. The summed E-state index contributed by atoms with van der Waals surface area (Å²) >= 11 is 0. The van der Waals surface area contributed by atoms with Crippen LogP contribution < -0.4 is 0 Å². The average Bonchev–Trinajstić information content (AvgIpc) is 1.83. The molecule has 0 atom stereocenters. The first-order valence-electron chi connectivity index (χ1n) is 4.49. The molecule has 0 nitrogen and oxygen atoms in total. The maximum atomic E-state index is 7.44. The van der Waals surface area contributed by atoms with E-state index in [0.29, 0.717) is 6.04 Å². The van der Waals surface area contributed by atoms with Crippen molar-refractivity contribution in [1.29, 1.82) is 0 Å². The molecule has 0 aliphatic carbocycles. The molecule has 1 aromatic rings. The number of aryl methyl sites for hydroxylation is 1. The first-order valence-corrected chi connectivity index (χ1v) is 3.99. The van der Waals surface area contributed by atoms with Crippen LogP contribution in [0.15, 0.2) is 24.2 Å². The number of hydrogen-bond donors (Lipinski definition) is 0. The van der Waals surface area contributed by atoms with Gasteiger partial charge in [-0.25, -0.2) is 0 Å². The molecule has 0 fully saturated rings. The van der Waals surface area contributed by atoms with Gasteiger partial charge in [-0.1, -0.05) is 45.0 Å². The number of rotatable bonds is 0. The van der Waals surface area contributed by atoms with Crippen LogP contribution in [0, 0.1) is 6.92 Å². The summed E-state index contributed by atoms with van der Waals surface area (Å²) < 4.78 is 7.44. The highest BCUT2D eigenvalue weighted by atomic mass is 14.2. The van der Waals surface area contributed by atoms with Crippen molar-refractivity contribution < 1.29 is 1.37 Å². The van der Waals surface area contributed by atoms with Gasteiger partial charge in [-0.3, -0.25) is 0 Å². The standard InChI is InChI=1S/C11H16/c1-9-7-5-6-8-10(9)11(2,3)4/h5-8H,1-4H3/i5D. The minimum absolute atomic E-state index is 0.192. The molecule has 0 amide bonds. The Balaban J connectivity index is 3.19. The SMILES string of the molecule is [2H]c1ccc(C(C)(C)C)c(C)c1. The van der Waals surface area contributed by atoms with Gasteiger partial charge in [0.05, 0.1) is 1.37 Å². The van der Waals surface area contributed by atoms with Gasteiger partial charge in [-0.05, 0) is 23.5 Å². The van der Waals surface area contributed by atoms with Crippen molar-refractivity contribution in [3.05, 3.63) is 35.4 Å². The average molecular weight is 149 g/mol.